The average Bonchev–Trinajstić information content (AvgIpc) is 2.28. The summed E-state index contributed by atoms with van der Waals surface area (Å²) in [7, 11) is 0. The van der Waals surface area contributed by atoms with Crippen molar-refractivity contribution in [2.45, 2.75) is 37.9 Å². The van der Waals surface area contributed by atoms with Gasteiger partial charge < -0.3 is 19.8 Å². The number of carboxylic acid groups (broad SMARTS) is 2. The Hall–Kier alpha value is -0.580. The standard InChI is InChI=1S/C10H15BrO4/c1-8(2)9(3,6(12)13)4-5-10(8,11)7(14)15/h4-5H2,1-3H3,(H,12,13)(H,14,15)/p-2/t9-,10-/m1/s1. The molecule has 5 heteroatoms. The predicted molar refractivity (Wildman–Crippen MR) is 52.8 cm³/mol. The van der Waals surface area contributed by atoms with Crippen molar-refractivity contribution in [2.24, 2.45) is 10.8 Å². The monoisotopic (exact) mass is 276 g/mol. The van der Waals surface area contributed by atoms with E-state index >= 15 is 0 Å². The van der Waals surface area contributed by atoms with E-state index in [1.54, 1.807) is 13.8 Å². The van der Waals surface area contributed by atoms with Crippen LogP contribution >= 0.6 is 15.9 Å². The van der Waals surface area contributed by atoms with Crippen LogP contribution in [0.4, 0.5) is 0 Å². The van der Waals surface area contributed by atoms with E-state index in [1.807, 2.05) is 0 Å². The SMILES string of the molecule is CC1(C)[C@](Br)(C(=O)[O-])CC[C@]1(C)C(=O)[O-]. The molecule has 1 rings (SSSR count). The molecule has 0 radical (unpaired) electrons. The average molecular weight is 277 g/mol. The summed E-state index contributed by atoms with van der Waals surface area (Å²) in [5.41, 5.74) is -2.12. The second-order valence-corrected chi connectivity index (χ2v) is 6.19. The van der Waals surface area contributed by atoms with E-state index in [2.05, 4.69) is 15.9 Å². The fourth-order valence-corrected chi connectivity index (χ4v) is 2.83. The van der Waals surface area contributed by atoms with Crippen LogP contribution in [0.3, 0.4) is 0 Å². The Morgan fingerprint density at radius 1 is 1.07 bits per heavy atom. The van der Waals surface area contributed by atoms with Crippen LogP contribution in [0.25, 0.3) is 0 Å². The van der Waals surface area contributed by atoms with Crippen LogP contribution in [0.15, 0.2) is 0 Å². The first-order valence-corrected chi connectivity index (χ1v) is 5.51. The highest BCUT2D eigenvalue weighted by molar-refractivity contribution is 9.10. The Morgan fingerprint density at radius 2 is 1.53 bits per heavy atom. The first kappa shape index (κ1) is 12.5. The smallest absolute Gasteiger partial charge is 0.0711 e. The summed E-state index contributed by atoms with van der Waals surface area (Å²) >= 11 is 3.12. The Labute approximate surface area is 96.8 Å². The quantitative estimate of drug-likeness (QED) is 0.634. The van der Waals surface area contributed by atoms with E-state index in [4.69, 9.17) is 0 Å². The molecule has 0 spiro atoms. The molecule has 0 unspecified atom stereocenters. The molecule has 0 bridgehead atoms. The Morgan fingerprint density at radius 3 is 1.73 bits per heavy atom. The number of carboxylic acids is 2. The highest BCUT2D eigenvalue weighted by Crippen LogP contribution is 2.61. The molecule has 1 aliphatic rings. The molecule has 1 fully saturated rings. The van der Waals surface area contributed by atoms with Crippen molar-refractivity contribution in [1.29, 1.82) is 0 Å². The Bertz CT molecular complexity index is 295. The molecule has 1 aliphatic carbocycles. The van der Waals surface area contributed by atoms with Gasteiger partial charge in [-0.1, -0.05) is 36.7 Å². The van der Waals surface area contributed by atoms with Gasteiger partial charge in [0.05, 0.1) is 10.3 Å². The van der Waals surface area contributed by atoms with E-state index in [9.17, 15) is 19.8 Å². The van der Waals surface area contributed by atoms with Crippen LogP contribution in [0, 0.1) is 10.8 Å². The van der Waals surface area contributed by atoms with Crippen molar-refractivity contribution >= 4 is 27.9 Å². The Balaban J connectivity index is 3.26. The third-order valence-corrected chi connectivity index (χ3v) is 5.83. The van der Waals surface area contributed by atoms with Gasteiger partial charge in [0.1, 0.15) is 0 Å². The van der Waals surface area contributed by atoms with Gasteiger partial charge in [-0.25, -0.2) is 0 Å². The van der Waals surface area contributed by atoms with Crippen molar-refractivity contribution in [3.63, 3.8) is 0 Å². The van der Waals surface area contributed by atoms with E-state index < -0.39 is 27.1 Å². The van der Waals surface area contributed by atoms with Crippen LogP contribution in [0.1, 0.15) is 33.6 Å². The fourth-order valence-electron chi connectivity index (χ4n) is 2.20. The first-order valence-electron chi connectivity index (χ1n) is 4.71. The zero-order chi connectivity index (χ0) is 12.1. The molecule has 0 N–H and O–H groups in total. The summed E-state index contributed by atoms with van der Waals surface area (Å²) in [6.45, 7) is 4.75. The molecule has 4 nitrogen and oxygen atoms in total. The minimum atomic E-state index is -1.30. The van der Waals surface area contributed by atoms with Gasteiger partial charge in [-0.05, 0) is 18.3 Å². The fraction of sp³-hybridized carbons (Fsp3) is 0.800. The largest absolute Gasteiger partial charge is 0.550 e. The second-order valence-electron chi connectivity index (χ2n) is 4.83. The lowest BCUT2D eigenvalue weighted by Crippen LogP contribution is -2.57. The number of alkyl halides is 1. The normalized spacial score (nSPS) is 38.9. The van der Waals surface area contributed by atoms with E-state index in [-0.39, 0.29) is 12.8 Å². The number of hydrogen-bond acceptors (Lipinski definition) is 4. The van der Waals surface area contributed by atoms with Gasteiger partial charge in [0.25, 0.3) is 0 Å². The van der Waals surface area contributed by atoms with Gasteiger partial charge in [0.2, 0.25) is 0 Å². The van der Waals surface area contributed by atoms with Crippen molar-refractivity contribution < 1.29 is 19.8 Å². The molecule has 0 aliphatic heterocycles. The van der Waals surface area contributed by atoms with Gasteiger partial charge in [0, 0.05) is 11.4 Å². The Kier molecular flexibility index (Phi) is 2.67. The second kappa shape index (κ2) is 3.20. The van der Waals surface area contributed by atoms with Gasteiger partial charge in [-0.3, -0.25) is 0 Å². The zero-order valence-corrected chi connectivity index (χ0v) is 10.5. The number of hydrogen-bond donors (Lipinski definition) is 0. The highest BCUT2D eigenvalue weighted by Gasteiger charge is 2.60. The van der Waals surface area contributed by atoms with Crippen molar-refractivity contribution in [1.82, 2.24) is 0 Å². The number of carbonyl (C=O) groups excluding carboxylic acids is 2. The molecule has 0 aromatic rings. The molecular weight excluding hydrogens is 264 g/mol. The van der Waals surface area contributed by atoms with Gasteiger partial charge in [-0.15, -0.1) is 0 Å². The van der Waals surface area contributed by atoms with E-state index in [1.165, 1.54) is 6.92 Å². The molecule has 15 heavy (non-hydrogen) atoms. The minimum absolute atomic E-state index is 0.229. The topological polar surface area (TPSA) is 80.3 Å². The van der Waals surface area contributed by atoms with Crippen molar-refractivity contribution in [3.05, 3.63) is 0 Å². The molecule has 2 atom stereocenters. The van der Waals surface area contributed by atoms with E-state index in [0.29, 0.717) is 0 Å². The van der Waals surface area contributed by atoms with Crippen LogP contribution in [-0.2, 0) is 9.59 Å². The lowest BCUT2D eigenvalue weighted by molar-refractivity contribution is -0.325. The van der Waals surface area contributed by atoms with Gasteiger partial charge >= 0.3 is 0 Å². The van der Waals surface area contributed by atoms with Crippen LogP contribution in [0.2, 0.25) is 0 Å². The molecule has 0 amide bonds. The molecule has 86 valence electrons. The summed E-state index contributed by atoms with van der Waals surface area (Å²) < 4.78 is -1.30. The van der Waals surface area contributed by atoms with Gasteiger partial charge in [-0.2, -0.15) is 0 Å². The van der Waals surface area contributed by atoms with E-state index in [0.717, 1.165) is 0 Å². The maximum absolute atomic E-state index is 11.1. The maximum atomic E-state index is 11.1. The lowest BCUT2D eigenvalue weighted by atomic mass is 9.65. The maximum Gasteiger partial charge on any atom is 0.0711 e. The molecule has 1 saturated carbocycles. The highest BCUT2D eigenvalue weighted by atomic mass is 79.9. The summed E-state index contributed by atoms with van der Waals surface area (Å²) in [6.07, 6.45) is 0.494. The molecule has 0 heterocycles. The third kappa shape index (κ3) is 1.32. The number of rotatable bonds is 2. The predicted octanol–water partition coefficient (Wildman–Crippen LogP) is -0.554. The summed E-state index contributed by atoms with van der Waals surface area (Å²) in [5, 5.41) is 22.2. The van der Waals surface area contributed by atoms with Gasteiger partial charge in [0.15, 0.2) is 0 Å². The van der Waals surface area contributed by atoms with Crippen LogP contribution < -0.4 is 10.2 Å². The zero-order valence-electron chi connectivity index (χ0n) is 8.93. The van der Waals surface area contributed by atoms with Crippen LogP contribution in [-0.4, -0.2) is 16.3 Å². The number of aliphatic carboxylic acids is 2. The lowest BCUT2D eigenvalue weighted by Gasteiger charge is -2.47. The molecule has 0 aromatic carbocycles. The van der Waals surface area contributed by atoms with Crippen LogP contribution in [0.5, 0.6) is 0 Å². The summed E-state index contributed by atoms with van der Waals surface area (Å²) in [4.78, 5) is 22.2. The van der Waals surface area contributed by atoms with Crippen molar-refractivity contribution in [2.75, 3.05) is 0 Å². The number of carbonyl (C=O) groups is 2. The molecular formula is C10H13BrO4-2. The third-order valence-electron chi connectivity index (χ3n) is 4.11. The minimum Gasteiger partial charge on any atom is -0.550 e. The summed E-state index contributed by atoms with van der Waals surface area (Å²) in [6, 6.07) is 0. The summed E-state index contributed by atoms with van der Waals surface area (Å²) in [5.74, 6) is -2.48. The number of halogens is 1. The molecule has 0 saturated heterocycles. The molecule has 0 aromatic heterocycles. The first-order chi connectivity index (χ1) is 6.59. The van der Waals surface area contributed by atoms with Crippen molar-refractivity contribution in [3.8, 4) is 0 Å².